The Hall–Kier alpha value is -1.46. The molecule has 5 heteroatoms. The molecule has 1 atom stereocenters. The molecule has 0 radical (unpaired) electrons. The van der Waals surface area contributed by atoms with Crippen LogP contribution in [0.25, 0.3) is 10.1 Å². The third-order valence-corrected chi connectivity index (χ3v) is 7.51. The highest BCUT2D eigenvalue weighted by atomic mass is 32.1. The lowest BCUT2D eigenvalue weighted by molar-refractivity contribution is -0.0643. The van der Waals surface area contributed by atoms with Crippen LogP contribution in [0.1, 0.15) is 42.8 Å². The molecule has 1 aromatic carbocycles. The Morgan fingerprint density at radius 3 is 2.72 bits per heavy atom. The Labute approximate surface area is 151 Å². The van der Waals surface area contributed by atoms with E-state index in [1.54, 1.807) is 6.07 Å². The van der Waals surface area contributed by atoms with Crippen molar-refractivity contribution in [2.45, 2.75) is 38.6 Å². The van der Waals surface area contributed by atoms with Gasteiger partial charge in [-0.25, -0.2) is 4.39 Å². The number of benzene rings is 1. The summed E-state index contributed by atoms with van der Waals surface area (Å²) in [5.74, 6) is 1.02. The quantitative estimate of drug-likeness (QED) is 0.737. The number of rotatable bonds is 4. The lowest BCUT2D eigenvalue weighted by Crippen LogP contribution is -2.61. The molecule has 3 saturated heterocycles. The molecule has 5 rings (SSSR count). The third kappa shape index (κ3) is 2.68. The number of nitrogens with zero attached hydrogens (tertiary/aromatic N) is 1. The predicted molar refractivity (Wildman–Crippen MR) is 99.1 cm³/mol. The van der Waals surface area contributed by atoms with E-state index in [9.17, 15) is 9.18 Å². The van der Waals surface area contributed by atoms with Crippen molar-refractivity contribution < 1.29 is 13.9 Å². The molecule has 0 aliphatic carbocycles. The van der Waals surface area contributed by atoms with Crippen LogP contribution >= 0.6 is 11.3 Å². The van der Waals surface area contributed by atoms with E-state index in [1.165, 1.54) is 31.3 Å². The van der Waals surface area contributed by atoms with Crippen LogP contribution in [0.2, 0.25) is 0 Å². The second-order valence-electron chi connectivity index (χ2n) is 7.82. The summed E-state index contributed by atoms with van der Waals surface area (Å²) < 4.78 is 20.0. The zero-order valence-electron chi connectivity index (χ0n) is 15.0. The third-order valence-electron chi connectivity index (χ3n) is 6.32. The lowest BCUT2D eigenvalue weighted by atomic mass is 9.65. The SMILES string of the molecule is COc1ccc2cc(C(=O)C[C@@H]3C4CCN(CC4)C3(C)C)sc2c1F. The fourth-order valence-electron chi connectivity index (χ4n) is 4.75. The molecular weight excluding hydrogens is 337 g/mol. The number of piperidine rings is 3. The second-order valence-corrected chi connectivity index (χ2v) is 8.87. The van der Waals surface area contributed by atoms with Crippen molar-refractivity contribution >= 4 is 27.2 Å². The molecule has 1 aromatic heterocycles. The molecule has 134 valence electrons. The Morgan fingerprint density at radius 2 is 2.08 bits per heavy atom. The van der Waals surface area contributed by atoms with E-state index in [4.69, 9.17) is 4.74 Å². The largest absolute Gasteiger partial charge is 0.494 e. The van der Waals surface area contributed by atoms with Crippen molar-refractivity contribution in [3.05, 3.63) is 28.9 Å². The molecule has 0 saturated carbocycles. The minimum absolute atomic E-state index is 0.0714. The maximum absolute atomic E-state index is 14.4. The minimum atomic E-state index is -0.368. The van der Waals surface area contributed by atoms with Crippen LogP contribution in [-0.4, -0.2) is 36.4 Å². The van der Waals surface area contributed by atoms with Gasteiger partial charge in [0.2, 0.25) is 0 Å². The van der Waals surface area contributed by atoms with Crippen molar-refractivity contribution in [1.82, 2.24) is 4.90 Å². The van der Waals surface area contributed by atoms with Crippen LogP contribution in [0.3, 0.4) is 0 Å². The van der Waals surface area contributed by atoms with E-state index in [0.717, 1.165) is 18.5 Å². The number of hydrogen-bond acceptors (Lipinski definition) is 4. The van der Waals surface area contributed by atoms with Gasteiger partial charge in [-0.15, -0.1) is 11.3 Å². The molecule has 3 aliphatic rings. The standard InChI is InChI=1S/C20H24FNO2S/c1-20(2)14(12-6-8-22(20)9-7-12)11-15(23)17-10-13-4-5-16(24-3)18(21)19(13)25-17/h4-5,10,12,14H,6-9,11H2,1-3H3/t14-/m1/s1. The number of halogens is 1. The van der Waals surface area contributed by atoms with Gasteiger partial charge >= 0.3 is 0 Å². The first-order valence-electron chi connectivity index (χ1n) is 8.96. The topological polar surface area (TPSA) is 29.5 Å². The monoisotopic (exact) mass is 361 g/mol. The van der Waals surface area contributed by atoms with Crippen LogP contribution in [0, 0.1) is 17.7 Å². The molecule has 0 N–H and O–H groups in total. The van der Waals surface area contributed by atoms with E-state index in [-0.39, 0.29) is 22.9 Å². The average molecular weight is 361 g/mol. The normalized spacial score (nSPS) is 27.6. The van der Waals surface area contributed by atoms with Gasteiger partial charge in [0.1, 0.15) is 0 Å². The van der Waals surface area contributed by atoms with Gasteiger partial charge in [0, 0.05) is 12.0 Å². The van der Waals surface area contributed by atoms with Crippen LogP contribution in [0.5, 0.6) is 5.75 Å². The molecule has 0 amide bonds. The molecule has 2 aromatic rings. The summed E-state index contributed by atoms with van der Waals surface area (Å²) >= 11 is 1.25. The molecule has 3 nitrogen and oxygen atoms in total. The first-order valence-corrected chi connectivity index (χ1v) is 9.77. The van der Waals surface area contributed by atoms with Gasteiger partial charge < -0.3 is 4.74 Å². The summed E-state index contributed by atoms with van der Waals surface area (Å²) in [6, 6.07) is 5.27. The summed E-state index contributed by atoms with van der Waals surface area (Å²) in [4.78, 5) is 16.1. The maximum Gasteiger partial charge on any atom is 0.182 e. The van der Waals surface area contributed by atoms with Crippen LogP contribution in [0.15, 0.2) is 18.2 Å². The van der Waals surface area contributed by atoms with Crippen LogP contribution < -0.4 is 4.74 Å². The number of hydrogen-bond donors (Lipinski definition) is 0. The number of thiophene rings is 1. The van der Waals surface area contributed by atoms with Gasteiger partial charge in [0.25, 0.3) is 0 Å². The Balaban J connectivity index is 1.61. The zero-order chi connectivity index (χ0) is 17.8. The molecule has 0 spiro atoms. The van der Waals surface area contributed by atoms with Gasteiger partial charge in [-0.1, -0.05) is 0 Å². The number of fused-ring (bicyclic) bond motifs is 4. The van der Waals surface area contributed by atoms with E-state index < -0.39 is 0 Å². The minimum Gasteiger partial charge on any atom is -0.494 e. The first kappa shape index (κ1) is 17.0. The summed E-state index contributed by atoms with van der Waals surface area (Å²) in [5.41, 5.74) is 0.0714. The van der Waals surface area contributed by atoms with Crippen molar-refractivity contribution in [3.8, 4) is 5.75 Å². The smallest absolute Gasteiger partial charge is 0.182 e. The van der Waals surface area contributed by atoms with Gasteiger partial charge in [-0.2, -0.15) is 0 Å². The molecule has 3 fully saturated rings. The van der Waals surface area contributed by atoms with Gasteiger partial charge in [0.15, 0.2) is 17.3 Å². The second kappa shape index (κ2) is 6.06. The number of methoxy groups -OCH3 is 1. The van der Waals surface area contributed by atoms with Crippen molar-refractivity contribution in [3.63, 3.8) is 0 Å². The predicted octanol–water partition coefficient (Wildman–Crippen LogP) is 4.74. The van der Waals surface area contributed by atoms with Gasteiger partial charge in [-0.3, -0.25) is 9.69 Å². The van der Waals surface area contributed by atoms with E-state index in [0.29, 0.717) is 27.8 Å². The highest BCUT2D eigenvalue weighted by Crippen LogP contribution is 2.46. The summed E-state index contributed by atoms with van der Waals surface area (Å²) in [5, 5.41) is 0.778. The maximum atomic E-state index is 14.4. The highest BCUT2D eigenvalue weighted by Gasteiger charge is 2.48. The van der Waals surface area contributed by atoms with E-state index in [2.05, 4.69) is 18.7 Å². The molecular formula is C20H24FNO2S. The first-order chi connectivity index (χ1) is 11.9. The van der Waals surface area contributed by atoms with Gasteiger partial charge in [-0.05, 0) is 75.2 Å². The summed E-state index contributed by atoms with van der Waals surface area (Å²) in [6.07, 6.45) is 2.94. The Morgan fingerprint density at radius 1 is 1.36 bits per heavy atom. The lowest BCUT2D eigenvalue weighted by Gasteiger charge is -2.56. The van der Waals surface area contributed by atoms with Crippen molar-refractivity contribution in [2.75, 3.05) is 20.2 Å². The van der Waals surface area contributed by atoms with Crippen molar-refractivity contribution in [2.24, 2.45) is 11.8 Å². The molecule has 2 bridgehead atoms. The molecule has 0 unspecified atom stereocenters. The van der Waals surface area contributed by atoms with E-state index in [1.807, 2.05) is 12.1 Å². The van der Waals surface area contributed by atoms with Crippen LogP contribution in [-0.2, 0) is 0 Å². The summed E-state index contributed by atoms with van der Waals surface area (Å²) in [7, 11) is 1.46. The molecule has 25 heavy (non-hydrogen) atoms. The number of Topliss-reactive ketones (excluding diaryl/α,β-unsaturated/α-hetero) is 1. The van der Waals surface area contributed by atoms with Crippen molar-refractivity contribution in [1.29, 1.82) is 0 Å². The zero-order valence-corrected chi connectivity index (χ0v) is 15.8. The number of carbonyl (C=O) groups excluding carboxylic acids is 1. The number of ketones is 1. The molecule has 4 heterocycles. The average Bonchev–Trinajstić information content (AvgIpc) is 3.04. The fraction of sp³-hybridized carbons (Fsp3) is 0.550. The summed E-state index contributed by atoms with van der Waals surface area (Å²) in [6.45, 7) is 6.84. The highest BCUT2D eigenvalue weighted by molar-refractivity contribution is 7.20. The number of ether oxygens (including phenoxy) is 1. The fourth-order valence-corrected chi connectivity index (χ4v) is 5.79. The Bertz CT molecular complexity index is 820. The van der Waals surface area contributed by atoms with Gasteiger partial charge in [0.05, 0.1) is 16.7 Å². The van der Waals surface area contributed by atoms with E-state index >= 15 is 0 Å². The molecule has 3 aliphatic heterocycles. The Kier molecular flexibility index (Phi) is 4.12. The number of carbonyl (C=O) groups is 1. The van der Waals surface area contributed by atoms with Crippen LogP contribution in [0.4, 0.5) is 4.39 Å².